The molecule has 2 rings (SSSR count). The molecular formula is C14H20N2O2S. The summed E-state index contributed by atoms with van der Waals surface area (Å²) in [5.74, 6) is 0.0777. The van der Waals surface area contributed by atoms with Crippen molar-refractivity contribution in [2.24, 2.45) is 5.92 Å². The third kappa shape index (κ3) is 3.15. The van der Waals surface area contributed by atoms with Gasteiger partial charge in [-0.3, -0.25) is 0 Å². The number of hydrogen-bond acceptors (Lipinski definition) is 3. The van der Waals surface area contributed by atoms with Gasteiger partial charge in [0.05, 0.1) is 18.2 Å². The molecule has 1 aliphatic heterocycles. The lowest BCUT2D eigenvalue weighted by atomic mass is 9.86. The summed E-state index contributed by atoms with van der Waals surface area (Å²) in [6.07, 6.45) is 7.38. The molecule has 2 N–H and O–H groups in total. The number of esters is 1. The van der Waals surface area contributed by atoms with Gasteiger partial charge >= 0.3 is 5.97 Å². The van der Waals surface area contributed by atoms with Crippen LogP contribution in [0.1, 0.15) is 33.1 Å². The van der Waals surface area contributed by atoms with Crippen molar-refractivity contribution in [1.29, 1.82) is 0 Å². The number of hydrogen-bond donors (Lipinski definition) is 2. The smallest absolute Gasteiger partial charge is 0.337 e. The van der Waals surface area contributed by atoms with Crippen molar-refractivity contribution in [3.63, 3.8) is 0 Å². The van der Waals surface area contributed by atoms with E-state index in [4.69, 9.17) is 17.0 Å². The molecular weight excluding hydrogens is 260 g/mol. The number of thiocarbonyl (C=S) groups is 1. The minimum Gasteiger partial charge on any atom is -0.463 e. The molecule has 5 heteroatoms. The van der Waals surface area contributed by atoms with Gasteiger partial charge in [-0.05, 0) is 45.3 Å². The Hall–Kier alpha value is -1.36. The van der Waals surface area contributed by atoms with Crippen LogP contribution in [0.2, 0.25) is 0 Å². The Labute approximate surface area is 119 Å². The quantitative estimate of drug-likeness (QED) is 0.470. The Balaban J connectivity index is 2.33. The van der Waals surface area contributed by atoms with Crippen LogP contribution in [0.5, 0.6) is 0 Å². The zero-order valence-corrected chi connectivity index (χ0v) is 12.2. The normalized spacial score (nSPS) is 26.7. The molecule has 2 atom stereocenters. The number of ether oxygens (including phenoxy) is 1. The average Bonchev–Trinajstić information content (AvgIpc) is 2.39. The SMILES string of the molecule is CCOC(=O)C1=C([C@H]2CC=CCC2)NC(=S)N[C@H]1C. The maximum atomic E-state index is 12.1. The number of carbonyl (C=O) groups is 1. The van der Waals surface area contributed by atoms with Gasteiger partial charge in [0.15, 0.2) is 5.11 Å². The van der Waals surface area contributed by atoms with Gasteiger partial charge < -0.3 is 15.4 Å². The van der Waals surface area contributed by atoms with Crippen molar-refractivity contribution < 1.29 is 9.53 Å². The highest BCUT2D eigenvalue weighted by atomic mass is 32.1. The summed E-state index contributed by atoms with van der Waals surface area (Å²) >= 11 is 5.21. The highest BCUT2D eigenvalue weighted by molar-refractivity contribution is 7.80. The van der Waals surface area contributed by atoms with Crippen molar-refractivity contribution in [1.82, 2.24) is 10.6 Å². The lowest BCUT2D eigenvalue weighted by Gasteiger charge is -2.33. The van der Waals surface area contributed by atoms with Gasteiger partial charge in [-0.2, -0.15) is 0 Å². The van der Waals surface area contributed by atoms with Crippen LogP contribution >= 0.6 is 12.2 Å². The van der Waals surface area contributed by atoms with Crippen molar-refractivity contribution in [3.8, 4) is 0 Å². The van der Waals surface area contributed by atoms with Crippen LogP contribution < -0.4 is 10.6 Å². The average molecular weight is 280 g/mol. The monoisotopic (exact) mass is 280 g/mol. The fraction of sp³-hybridized carbons (Fsp3) is 0.571. The Bertz CT molecular complexity index is 443. The Kier molecular flexibility index (Phi) is 4.58. The van der Waals surface area contributed by atoms with Crippen molar-refractivity contribution in [3.05, 3.63) is 23.4 Å². The van der Waals surface area contributed by atoms with E-state index in [0.717, 1.165) is 25.0 Å². The molecule has 0 aromatic carbocycles. The molecule has 0 saturated carbocycles. The second-order valence-corrected chi connectivity index (χ2v) is 5.26. The van der Waals surface area contributed by atoms with Crippen LogP contribution in [0.25, 0.3) is 0 Å². The molecule has 0 radical (unpaired) electrons. The minimum atomic E-state index is -0.248. The summed E-state index contributed by atoms with van der Waals surface area (Å²) < 4.78 is 5.17. The molecule has 0 unspecified atom stereocenters. The fourth-order valence-electron chi connectivity index (χ4n) is 2.60. The second kappa shape index (κ2) is 6.19. The highest BCUT2D eigenvalue weighted by Crippen LogP contribution is 2.29. The fourth-order valence-corrected chi connectivity index (χ4v) is 2.89. The lowest BCUT2D eigenvalue weighted by molar-refractivity contribution is -0.139. The molecule has 1 aliphatic carbocycles. The third-order valence-corrected chi connectivity index (χ3v) is 3.71. The van der Waals surface area contributed by atoms with Gasteiger partial charge in [-0.25, -0.2) is 4.79 Å². The van der Waals surface area contributed by atoms with Gasteiger partial charge in [-0.1, -0.05) is 12.2 Å². The van der Waals surface area contributed by atoms with Gasteiger partial charge in [-0.15, -0.1) is 0 Å². The van der Waals surface area contributed by atoms with Gasteiger partial charge in [0.1, 0.15) is 0 Å². The summed E-state index contributed by atoms with van der Waals surface area (Å²) in [5, 5.41) is 6.84. The van der Waals surface area contributed by atoms with Crippen LogP contribution in [0.3, 0.4) is 0 Å². The highest BCUT2D eigenvalue weighted by Gasteiger charge is 2.31. The molecule has 104 valence electrons. The molecule has 0 saturated heterocycles. The van der Waals surface area contributed by atoms with Crippen LogP contribution in [0.4, 0.5) is 0 Å². The first-order chi connectivity index (χ1) is 9.13. The molecule has 4 nitrogen and oxygen atoms in total. The van der Waals surface area contributed by atoms with E-state index in [1.807, 2.05) is 13.8 Å². The van der Waals surface area contributed by atoms with Crippen molar-refractivity contribution in [2.45, 2.75) is 39.2 Å². The zero-order valence-electron chi connectivity index (χ0n) is 11.4. The van der Waals surface area contributed by atoms with E-state index in [1.54, 1.807) is 0 Å². The second-order valence-electron chi connectivity index (χ2n) is 4.85. The maximum Gasteiger partial charge on any atom is 0.337 e. The van der Waals surface area contributed by atoms with Crippen molar-refractivity contribution in [2.75, 3.05) is 6.61 Å². The first-order valence-corrected chi connectivity index (χ1v) is 7.18. The summed E-state index contributed by atoms with van der Waals surface area (Å²) in [4.78, 5) is 12.1. The van der Waals surface area contributed by atoms with E-state index in [-0.39, 0.29) is 12.0 Å². The van der Waals surface area contributed by atoms with E-state index in [2.05, 4.69) is 22.8 Å². The van der Waals surface area contributed by atoms with E-state index >= 15 is 0 Å². The molecule has 0 spiro atoms. The Morgan fingerprint density at radius 1 is 1.53 bits per heavy atom. The first-order valence-electron chi connectivity index (χ1n) is 6.77. The van der Waals surface area contributed by atoms with Gasteiger partial charge in [0.25, 0.3) is 0 Å². The third-order valence-electron chi connectivity index (χ3n) is 3.49. The molecule has 19 heavy (non-hydrogen) atoms. The largest absolute Gasteiger partial charge is 0.463 e. The Morgan fingerprint density at radius 2 is 2.32 bits per heavy atom. The predicted octanol–water partition coefficient (Wildman–Crippen LogP) is 2.03. The van der Waals surface area contributed by atoms with E-state index < -0.39 is 0 Å². The lowest BCUT2D eigenvalue weighted by Crippen LogP contribution is -2.50. The van der Waals surface area contributed by atoms with E-state index in [1.165, 1.54) is 0 Å². The number of rotatable bonds is 3. The predicted molar refractivity (Wildman–Crippen MR) is 78.5 cm³/mol. The van der Waals surface area contributed by atoms with Crippen LogP contribution in [0, 0.1) is 5.92 Å². The molecule has 0 fully saturated rings. The maximum absolute atomic E-state index is 12.1. The number of allylic oxidation sites excluding steroid dienone is 3. The van der Waals surface area contributed by atoms with Crippen LogP contribution in [-0.2, 0) is 9.53 Å². The van der Waals surface area contributed by atoms with Crippen LogP contribution in [0.15, 0.2) is 23.4 Å². The summed E-state index contributed by atoms with van der Waals surface area (Å²) in [5.41, 5.74) is 1.63. The summed E-state index contributed by atoms with van der Waals surface area (Å²) in [6.45, 7) is 4.15. The van der Waals surface area contributed by atoms with Crippen molar-refractivity contribution >= 4 is 23.3 Å². The number of nitrogens with one attached hydrogen (secondary N) is 2. The molecule has 0 amide bonds. The topological polar surface area (TPSA) is 50.4 Å². The molecule has 2 aliphatic rings. The number of carbonyl (C=O) groups excluding carboxylic acids is 1. The van der Waals surface area contributed by atoms with Crippen LogP contribution in [-0.4, -0.2) is 23.7 Å². The standard InChI is InChI=1S/C14H20N2O2S/c1-3-18-13(17)11-9(2)15-14(19)16-12(11)10-7-5-4-6-8-10/h4-5,9-10H,3,6-8H2,1-2H3,(H2,15,16,19)/t9-,10-/m0/s1. The Morgan fingerprint density at radius 3 is 2.95 bits per heavy atom. The molecule has 1 heterocycles. The van der Waals surface area contributed by atoms with E-state index in [0.29, 0.717) is 23.2 Å². The summed E-state index contributed by atoms with van der Waals surface area (Å²) in [6, 6.07) is -0.103. The van der Waals surface area contributed by atoms with E-state index in [9.17, 15) is 4.79 Å². The molecule has 0 aromatic heterocycles. The minimum absolute atomic E-state index is 0.103. The molecule has 0 bridgehead atoms. The molecule has 0 aromatic rings. The van der Waals surface area contributed by atoms with Gasteiger partial charge in [0, 0.05) is 11.6 Å². The first kappa shape index (κ1) is 14.1. The summed E-state index contributed by atoms with van der Waals surface area (Å²) in [7, 11) is 0. The van der Waals surface area contributed by atoms with Gasteiger partial charge in [0.2, 0.25) is 0 Å². The zero-order chi connectivity index (χ0) is 13.8.